The van der Waals surface area contributed by atoms with Crippen LogP contribution in [-0.2, 0) is 23.1 Å². The van der Waals surface area contributed by atoms with E-state index in [9.17, 15) is 4.79 Å². The predicted molar refractivity (Wildman–Crippen MR) is 168 cm³/mol. The third-order valence-corrected chi connectivity index (χ3v) is 9.79. The maximum atomic E-state index is 12.7. The molecule has 9 nitrogen and oxygen atoms in total. The fourth-order valence-corrected chi connectivity index (χ4v) is 6.89. The summed E-state index contributed by atoms with van der Waals surface area (Å²) < 4.78 is 13.6. The Morgan fingerprint density at radius 2 is 1.88 bits per heavy atom. The van der Waals surface area contributed by atoms with E-state index in [1.165, 1.54) is 12.8 Å². The van der Waals surface area contributed by atoms with E-state index in [0.29, 0.717) is 30.1 Å². The van der Waals surface area contributed by atoms with Crippen molar-refractivity contribution in [1.82, 2.24) is 29.3 Å². The first-order valence-electron chi connectivity index (χ1n) is 15.1. The van der Waals surface area contributed by atoms with Crippen LogP contribution in [0.25, 0.3) is 26.6 Å². The molecule has 0 bridgehead atoms. The number of carbonyl (C=O) groups is 1. The van der Waals surface area contributed by atoms with Crippen LogP contribution in [0.4, 0.5) is 0 Å². The van der Waals surface area contributed by atoms with Crippen LogP contribution in [0.3, 0.4) is 0 Å². The standard InChI is InChI=1S/C33H38N6O3S/c1-32(2,3)28-19-24(36-42-28)18-25(40)17-22-5-7-23(8-6-22)26-20-39-27-9-10-29(35-30(27)43-31(39)34-26)41-16-15-38-14-13-37(4)33(21-38)11-12-33/h5-10,19-20H,11-18,21H2,1-4H3. The van der Waals surface area contributed by atoms with Gasteiger partial charge in [0, 0.05) is 67.4 Å². The summed E-state index contributed by atoms with van der Waals surface area (Å²) in [4.78, 5) is 29.2. The van der Waals surface area contributed by atoms with Crippen LogP contribution < -0.4 is 4.74 Å². The summed E-state index contributed by atoms with van der Waals surface area (Å²) in [7, 11) is 2.26. The van der Waals surface area contributed by atoms with E-state index in [1.807, 2.05) is 36.4 Å². The number of hydrogen-bond acceptors (Lipinski definition) is 9. The van der Waals surface area contributed by atoms with Gasteiger partial charge in [0.1, 0.15) is 23.0 Å². The zero-order chi connectivity index (χ0) is 29.8. The Labute approximate surface area is 255 Å². The van der Waals surface area contributed by atoms with Gasteiger partial charge in [0.05, 0.1) is 23.3 Å². The summed E-state index contributed by atoms with van der Waals surface area (Å²) in [5.74, 6) is 1.56. The number of nitrogens with zero attached hydrogens (tertiary/aromatic N) is 6. The van der Waals surface area contributed by atoms with Crippen molar-refractivity contribution in [1.29, 1.82) is 0 Å². The predicted octanol–water partition coefficient (Wildman–Crippen LogP) is 5.41. The number of hydrogen-bond donors (Lipinski definition) is 0. The Kier molecular flexibility index (Phi) is 7.10. The van der Waals surface area contributed by atoms with E-state index in [1.54, 1.807) is 11.3 Å². The zero-order valence-electron chi connectivity index (χ0n) is 25.3. The molecule has 0 unspecified atom stereocenters. The molecule has 0 atom stereocenters. The molecule has 5 heterocycles. The lowest BCUT2D eigenvalue weighted by atomic mass is 9.93. The fraction of sp³-hybridized carbons (Fsp3) is 0.455. The maximum absolute atomic E-state index is 12.7. The number of ether oxygens (including phenoxy) is 1. The monoisotopic (exact) mass is 598 g/mol. The Balaban J connectivity index is 0.962. The van der Waals surface area contributed by atoms with Crippen LogP contribution in [0, 0.1) is 0 Å². The molecule has 2 aliphatic rings. The molecule has 0 N–H and O–H groups in total. The second kappa shape index (κ2) is 10.8. The molecule has 0 amide bonds. The number of piperazine rings is 1. The minimum absolute atomic E-state index is 0.109. The van der Waals surface area contributed by atoms with E-state index in [-0.39, 0.29) is 17.6 Å². The highest BCUT2D eigenvalue weighted by atomic mass is 32.1. The number of thiazole rings is 1. The van der Waals surface area contributed by atoms with Gasteiger partial charge in [0.15, 0.2) is 4.96 Å². The normalized spacial score (nSPS) is 17.3. The van der Waals surface area contributed by atoms with Crippen LogP contribution >= 0.6 is 11.3 Å². The van der Waals surface area contributed by atoms with Crippen LogP contribution in [0.2, 0.25) is 0 Å². The van der Waals surface area contributed by atoms with Crippen LogP contribution in [0.1, 0.15) is 50.6 Å². The van der Waals surface area contributed by atoms with Crippen LogP contribution in [-0.4, -0.2) is 80.5 Å². The Morgan fingerprint density at radius 3 is 2.63 bits per heavy atom. The average molecular weight is 599 g/mol. The lowest BCUT2D eigenvalue weighted by Gasteiger charge is -2.40. The SMILES string of the molecule is CN1CCN(CCOc2ccc3c(n2)sc2nc(-c4ccc(CC(=O)Cc5cc(C(C)(C)C)on5)cc4)cn23)CC12CC2. The van der Waals surface area contributed by atoms with Gasteiger partial charge >= 0.3 is 0 Å². The number of rotatable bonds is 9. The van der Waals surface area contributed by atoms with Crippen molar-refractivity contribution in [2.75, 3.05) is 39.8 Å². The second-order valence-electron chi connectivity index (χ2n) is 13.1. The molecule has 1 saturated carbocycles. The number of Topliss-reactive ketones (excluding diaryl/α,β-unsaturated/α-hetero) is 1. The third kappa shape index (κ3) is 5.83. The van der Waals surface area contributed by atoms with Gasteiger partial charge in [0.2, 0.25) is 5.88 Å². The summed E-state index contributed by atoms with van der Waals surface area (Å²) >= 11 is 1.56. The van der Waals surface area contributed by atoms with E-state index in [2.05, 4.69) is 59.4 Å². The summed E-state index contributed by atoms with van der Waals surface area (Å²) in [5.41, 5.74) is 4.87. The minimum Gasteiger partial charge on any atom is -0.476 e. The molecule has 0 radical (unpaired) electrons. The van der Waals surface area contributed by atoms with E-state index in [0.717, 1.165) is 64.1 Å². The van der Waals surface area contributed by atoms with Crippen molar-refractivity contribution in [3.05, 3.63) is 65.7 Å². The van der Waals surface area contributed by atoms with Crippen molar-refractivity contribution < 1.29 is 14.1 Å². The van der Waals surface area contributed by atoms with Crippen molar-refractivity contribution >= 4 is 32.4 Å². The topological polar surface area (TPSA) is 89.0 Å². The molecule has 7 rings (SSSR count). The Hall–Kier alpha value is -3.60. The number of pyridine rings is 1. The van der Waals surface area contributed by atoms with Gasteiger partial charge in [-0.25, -0.2) is 9.97 Å². The summed E-state index contributed by atoms with van der Waals surface area (Å²) in [5, 5.41) is 4.08. The van der Waals surface area contributed by atoms with Gasteiger partial charge in [-0.05, 0) is 31.5 Å². The minimum atomic E-state index is -0.129. The first-order chi connectivity index (χ1) is 20.6. The summed E-state index contributed by atoms with van der Waals surface area (Å²) in [6, 6.07) is 14.0. The highest BCUT2D eigenvalue weighted by Crippen LogP contribution is 2.43. The number of carbonyl (C=O) groups excluding carboxylic acids is 1. The highest BCUT2D eigenvalue weighted by Gasteiger charge is 2.49. The molecule has 1 spiro atoms. The van der Waals surface area contributed by atoms with Gasteiger partial charge in [0.25, 0.3) is 0 Å². The molecular formula is C33H38N6O3S. The number of ketones is 1. The first kappa shape index (κ1) is 28.2. The van der Waals surface area contributed by atoms with Gasteiger partial charge in [-0.3, -0.25) is 19.0 Å². The van der Waals surface area contributed by atoms with Crippen molar-refractivity contribution in [2.45, 2.75) is 57.4 Å². The van der Waals surface area contributed by atoms with E-state index >= 15 is 0 Å². The quantitative estimate of drug-likeness (QED) is 0.223. The number of aromatic nitrogens is 4. The molecular weight excluding hydrogens is 560 g/mol. The molecule has 4 aromatic heterocycles. The zero-order valence-corrected chi connectivity index (χ0v) is 26.1. The van der Waals surface area contributed by atoms with Crippen molar-refractivity contribution in [2.24, 2.45) is 0 Å². The molecule has 10 heteroatoms. The van der Waals surface area contributed by atoms with Crippen LogP contribution in [0.15, 0.2) is 53.2 Å². The molecule has 2 fully saturated rings. The Morgan fingerprint density at radius 1 is 1.07 bits per heavy atom. The largest absolute Gasteiger partial charge is 0.476 e. The van der Waals surface area contributed by atoms with Crippen molar-refractivity contribution in [3.8, 4) is 17.1 Å². The van der Waals surface area contributed by atoms with Gasteiger partial charge in [-0.2, -0.15) is 0 Å². The summed E-state index contributed by atoms with van der Waals surface area (Å²) in [6.07, 6.45) is 5.31. The first-order valence-corrected chi connectivity index (χ1v) is 15.9. The maximum Gasteiger partial charge on any atom is 0.214 e. The average Bonchev–Trinajstić information content (AvgIpc) is 3.27. The molecule has 224 valence electrons. The summed E-state index contributed by atoms with van der Waals surface area (Å²) in [6.45, 7) is 11.1. The van der Waals surface area contributed by atoms with Gasteiger partial charge in [-0.1, -0.05) is 61.5 Å². The van der Waals surface area contributed by atoms with E-state index < -0.39 is 0 Å². The smallest absolute Gasteiger partial charge is 0.214 e. The van der Waals surface area contributed by atoms with E-state index in [4.69, 9.17) is 19.2 Å². The molecule has 1 aliphatic heterocycles. The molecule has 5 aromatic rings. The highest BCUT2D eigenvalue weighted by molar-refractivity contribution is 7.23. The molecule has 43 heavy (non-hydrogen) atoms. The van der Waals surface area contributed by atoms with Gasteiger partial charge in [-0.15, -0.1) is 0 Å². The van der Waals surface area contributed by atoms with Crippen LogP contribution in [0.5, 0.6) is 5.88 Å². The molecule has 1 aromatic carbocycles. The molecule has 1 aliphatic carbocycles. The lowest BCUT2D eigenvalue weighted by Crippen LogP contribution is -2.53. The number of fused-ring (bicyclic) bond motifs is 3. The number of benzene rings is 1. The van der Waals surface area contributed by atoms with Gasteiger partial charge < -0.3 is 9.26 Å². The number of likely N-dealkylation sites (N-methyl/N-ethyl adjacent to an activating group) is 1. The molecule has 1 saturated heterocycles. The fourth-order valence-electron chi connectivity index (χ4n) is 5.92. The third-order valence-electron chi connectivity index (χ3n) is 8.83. The van der Waals surface area contributed by atoms with Crippen molar-refractivity contribution in [3.63, 3.8) is 0 Å². The Bertz CT molecular complexity index is 1780. The second-order valence-corrected chi connectivity index (χ2v) is 14.1. The lowest BCUT2D eigenvalue weighted by molar-refractivity contribution is -0.117. The number of imidazole rings is 1.